The second-order valence-corrected chi connectivity index (χ2v) is 4.55. The van der Waals surface area contributed by atoms with E-state index in [2.05, 4.69) is 32.9 Å². The molecule has 84 valence electrons. The maximum Gasteiger partial charge on any atom is -0.0250 e. The molecule has 1 unspecified atom stereocenters. The Morgan fingerprint density at radius 3 is 2.13 bits per heavy atom. The Hall–Kier alpha value is -0.780. The van der Waals surface area contributed by atoms with E-state index in [0.717, 1.165) is 5.92 Å². The van der Waals surface area contributed by atoms with Crippen LogP contribution in [-0.2, 0) is 12.8 Å². The van der Waals surface area contributed by atoms with E-state index >= 15 is 0 Å². The number of benzene rings is 1. The minimum Gasteiger partial charge on any atom is -0.0683 e. The van der Waals surface area contributed by atoms with E-state index in [9.17, 15) is 0 Å². The van der Waals surface area contributed by atoms with Gasteiger partial charge in [-0.3, -0.25) is 0 Å². The SMILES string of the molecule is CC.Cc1cc2c(cc1C)CC(C)CC2. The largest absolute Gasteiger partial charge is 0.0683 e. The fourth-order valence-electron chi connectivity index (χ4n) is 2.24. The first-order valence-electron chi connectivity index (χ1n) is 6.26. The van der Waals surface area contributed by atoms with Crippen LogP contribution in [-0.4, -0.2) is 0 Å². The van der Waals surface area contributed by atoms with Crippen LogP contribution in [0.5, 0.6) is 0 Å². The first-order valence-corrected chi connectivity index (χ1v) is 6.26. The Morgan fingerprint density at radius 2 is 1.53 bits per heavy atom. The summed E-state index contributed by atoms with van der Waals surface area (Å²) in [4.78, 5) is 0. The molecule has 2 rings (SSSR count). The van der Waals surface area contributed by atoms with Crippen molar-refractivity contribution in [1.29, 1.82) is 0 Å². The smallest absolute Gasteiger partial charge is 0.0250 e. The van der Waals surface area contributed by atoms with Gasteiger partial charge in [0.1, 0.15) is 0 Å². The van der Waals surface area contributed by atoms with E-state index in [1.165, 1.54) is 30.4 Å². The Bertz CT molecular complexity index is 323. The van der Waals surface area contributed by atoms with Crippen molar-refractivity contribution in [1.82, 2.24) is 0 Å². The average molecular weight is 204 g/mol. The molecule has 1 aliphatic carbocycles. The topological polar surface area (TPSA) is 0 Å². The molecule has 0 amide bonds. The van der Waals surface area contributed by atoms with E-state index in [-0.39, 0.29) is 0 Å². The van der Waals surface area contributed by atoms with Crippen LogP contribution in [0.15, 0.2) is 12.1 Å². The number of hydrogen-bond acceptors (Lipinski definition) is 0. The van der Waals surface area contributed by atoms with Crippen molar-refractivity contribution >= 4 is 0 Å². The predicted molar refractivity (Wildman–Crippen MR) is 68.5 cm³/mol. The summed E-state index contributed by atoms with van der Waals surface area (Å²) in [5.41, 5.74) is 6.10. The molecule has 0 saturated heterocycles. The summed E-state index contributed by atoms with van der Waals surface area (Å²) in [5.74, 6) is 0.884. The highest BCUT2D eigenvalue weighted by Gasteiger charge is 2.15. The van der Waals surface area contributed by atoms with Crippen molar-refractivity contribution in [2.75, 3.05) is 0 Å². The normalized spacial score (nSPS) is 18.9. The molecule has 0 nitrogen and oxygen atoms in total. The summed E-state index contributed by atoms with van der Waals surface area (Å²) >= 11 is 0. The van der Waals surface area contributed by atoms with Crippen LogP contribution in [0.2, 0.25) is 0 Å². The summed E-state index contributed by atoms with van der Waals surface area (Å²) in [6.07, 6.45) is 3.95. The molecule has 1 atom stereocenters. The third-order valence-electron chi connectivity index (χ3n) is 3.29. The van der Waals surface area contributed by atoms with Gasteiger partial charge < -0.3 is 0 Å². The zero-order valence-corrected chi connectivity index (χ0v) is 10.9. The molecule has 0 radical (unpaired) electrons. The maximum absolute atomic E-state index is 2.39. The molecule has 0 bridgehead atoms. The van der Waals surface area contributed by atoms with Gasteiger partial charge in [0.25, 0.3) is 0 Å². The van der Waals surface area contributed by atoms with Crippen LogP contribution in [0.25, 0.3) is 0 Å². The number of fused-ring (bicyclic) bond motifs is 1. The fraction of sp³-hybridized carbons (Fsp3) is 0.600. The van der Waals surface area contributed by atoms with Crippen LogP contribution in [0.1, 0.15) is 49.4 Å². The van der Waals surface area contributed by atoms with E-state index in [0.29, 0.717) is 0 Å². The van der Waals surface area contributed by atoms with E-state index in [1.807, 2.05) is 13.8 Å². The molecule has 0 fully saturated rings. The monoisotopic (exact) mass is 204 g/mol. The summed E-state index contributed by atoms with van der Waals surface area (Å²) < 4.78 is 0. The van der Waals surface area contributed by atoms with Crippen molar-refractivity contribution in [2.45, 2.75) is 53.9 Å². The number of aryl methyl sites for hydroxylation is 3. The van der Waals surface area contributed by atoms with Crippen molar-refractivity contribution in [2.24, 2.45) is 5.92 Å². The van der Waals surface area contributed by atoms with Gasteiger partial charge in [0, 0.05) is 0 Å². The van der Waals surface area contributed by atoms with Gasteiger partial charge in [-0.2, -0.15) is 0 Å². The average Bonchev–Trinajstić information content (AvgIpc) is 2.23. The molecule has 0 spiro atoms. The van der Waals surface area contributed by atoms with Gasteiger partial charge in [0.05, 0.1) is 0 Å². The first-order chi connectivity index (χ1) is 7.16. The van der Waals surface area contributed by atoms with Crippen LogP contribution in [0.4, 0.5) is 0 Å². The van der Waals surface area contributed by atoms with Gasteiger partial charge in [-0.1, -0.05) is 32.9 Å². The highest BCUT2D eigenvalue weighted by Crippen LogP contribution is 2.27. The van der Waals surface area contributed by atoms with Gasteiger partial charge in [0.15, 0.2) is 0 Å². The molecular weight excluding hydrogens is 180 g/mol. The van der Waals surface area contributed by atoms with Crippen LogP contribution >= 0.6 is 0 Å². The lowest BCUT2D eigenvalue weighted by molar-refractivity contribution is 0.501. The summed E-state index contributed by atoms with van der Waals surface area (Å²) in [5, 5.41) is 0. The second kappa shape index (κ2) is 5.34. The van der Waals surface area contributed by atoms with Gasteiger partial charge in [-0.05, 0) is 61.3 Å². The lowest BCUT2D eigenvalue weighted by atomic mass is 9.83. The van der Waals surface area contributed by atoms with E-state index in [1.54, 1.807) is 11.1 Å². The third-order valence-corrected chi connectivity index (χ3v) is 3.29. The van der Waals surface area contributed by atoms with E-state index < -0.39 is 0 Å². The zero-order chi connectivity index (χ0) is 11.4. The van der Waals surface area contributed by atoms with Crippen LogP contribution in [0, 0.1) is 19.8 Å². The first kappa shape index (κ1) is 12.3. The quantitative estimate of drug-likeness (QED) is 0.585. The molecule has 1 aliphatic rings. The number of rotatable bonds is 0. The van der Waals surface area contributed by atoms with E-state index in [4.69, 9.17) is 0 Å². The fourth-order valence-corrected chi connectivity index (χ4v) is 2.24. The second-order valence-electron chi connectivity index (χ2n) is 4.55. The van der Waals surface area contributed by atoms with Crippen molar-refractivity contribution in [3.63, 3.8) is 0 Å². The summed E-state index contributed by atoms with van der Waals surface area (Å²) in [7, 11) is 0. The Labute approximate surface area is 94.7 Å². The van der Waals surface area contributed by atoms with Crippen LogP contribution < -0.4 is 0 Å². The molecule has 0 saturated carbocycles. The van der Waals surface area contributed by atoms with Gasteiger partial charge in [0.2, 0.25) is 0 Å². The molecule has 0 N–H and O–H groups in total. The zero-order valence-electron chi connectivity index (χ0n) is 10.9. The minimum absolute atomic E-state index is 0.884. The third kappa shape index (κ3) is 2.84. The molecule has 1 aromatic rings. The highest BCUT2D eigenvalue weighted by atomic mass is 14.2. The lowest BCUT2D eigenvalue weighted by Gasteiger charge is -2.22. The standard InChI is InChI=1S/C13H18.C2H6/c1-9-4-5-12-7-10(2)11(3)8-13(12)6-9;1-2/h7-9H,4-6H2,1-3H3;1-2H3. The lowest BCUT2D eigenvalue weighted by Crippen LogP contribution is -2.11. The molecule has 0 aromatic heterocycles. The summed E-state index contributed by atoms with van der Waals surface area (Å²) in [6, 6.07) is 4.77. The van der Waals surface area contributed by atoms with Gasteiger partial charge >= 0.3 is 0 Å². The molecule has 15 heavy (non-hydrogen) atoms. The Kier molecular flexibility index (Phi) is 4.38. The minimum atomic E-state index is 0.884. The predicted octanol–water partition coefficient (Wildman–Crippen LogP) is 4.45. The molecule has 1 aromatic carbocycles. The van der Waals surface area contributed by atoms with Crippen LogP contribution in [0.3, 0.4) is 0 Å². The van der Waals surface area contributed by atoms with Crippen molar-refractivity contribution in [3.05, 3.63) is 34.4 Å². The maximum atomic E-state index is 2.39. The highest BCUT2D eigenvalue weighted by molar-refractivity contribution is 5.38. The molecule has 0 aliphatic heterocycles. The molecular formula is C15H24. The van der Waals surface area contributed by atoms with Crippen molar-refractivity contribution < 1.29 is 0 Å². The van der Waals surface area contributed by atoms with Gasteiger partial charge in [-0.15, -0.1) is 0 Å². The summed E-state index contributed by atoms with van der Waals surface area (Å²) in [6.45, 7) is 10.8. The van der Waals surface area contributed by atoms with Gasteiger partial charge in [-0.25, -0.2) is 0 Å². The Balaban J connectivity index is 0.000000531. The molecule has 0 heteroatoms. The Morgan fingerprint density at radius 1 is 1.00 bits per heavy atom. The van der Waals surface area contributed by atoms with Crippen molar-refractivity contribution in [3.8, 4) is 0 Å². The number of hydrogen-bond donors (Lipinski definition) is 0. The molecule has 0 heterocycles.